The van der Waals surface area contributed by atoms with Crippen LogP contribution in [0.1, 0.15) is 29.6 Å². The summed E-state index contributed by atoms with van der Waals surface area (Å²) in [5.74, 6) is -0.723. The van der Waals surface area contributed by atoms with Crippen LogP contribution in [0.2, 0.25) is 0 Å². The molecule has 1 aliphatic rings. The summed E-state index contributed by atoms with van der Waals surface area (Å²) in [6, 6.07) is 4.07. The quantitative estimate of drug-likeness (QED) is 0.592. The van der Waals surface area contributed by atoms with Gasteiger partial charge in [-0.05, 0) is 37.5 Å². The zero-order chi connectivity index (χ0) is 12.5. The van der Waals surface area contributed by atoms with Gasteiger partial charge in [0.15, 0.2) is 11.5 Å². The van der Waals surface area contributed by atoms with E-state index in [9.17, 15) is 15.0 Å². The number of hydrogen-bond acceptors (Lipinski definition) is 3. The summed E-state index contributed by atoms with van der Waals surface area (Å²) in [4.78, 5) is 12.0. The van der Waals surface area contributed by atoms with Crippen molar-refractivity contribution >= 4 is 21.8 Å². The third kappa shape index (κ3) is 2.39. The minimum atomic E-state index is -0.279. The summed E-state index contributed by atoms with van der Waals surface area (Å²) in [6.07, 6.45) is 3.05. The number of alkyl halides is 1. The van der Waals surface area contributed by atoms with Crippen molar-refractivity contribution in [1.29, 1.82) is 0 Å². The predicted octanol–water partition coefficient (Wildman–Crippen LogP) is 2.15. The van der Waals surface area contributed by atoms with Crippen LogP contribution >= 0.6 is 15.9 Å². The maximum absolute atomic E-state index is 12.0. The Kier molecular flexibility index (Phi) is 3.28. The topological polar surface area (TPSA) is 69.6 Å². The molecule has 3 N–H and O–H groups in total. The lowest BCUT2D eigenvalue weighted by Gasteiger charge is -2.41. The van der Waals surface area contributed by atoms with Crippen LogP contribution in [0.3, 0.4) is 0 Å². The summed E-state index contributed by atoms with van der Waals surface area (Å²) in [6.45, 7) is 0. The second-order valence-electron chi connectivity index (χ2n) is 4.43. The molecule has 2 rings (SSSR count). The Hall–Kier alpha value is -1.23. The van der Waals surface area contributed by atoms with Crippen LogP contribution in [-0.4, -0.2) is 27.0 Å². The van der Waals surface area contributed by atoms with Gasteiger partial charge in [-0.15, -0.1) is 0 Å². The van der Waals surface area contributed by atoms with Crippen LogP contribution in [-0.2, 0) is 0 Å². The van der Waals surface area contributed by atoms with Gasteiger partial charge >= 0.3 is 0 Å². The second-order valence-corrected chi connectivity index (χ2v) is 4.99. The summed E-state index contributed by atoms with van der Waals surface area (Å²) in [5.41, 5.74) is 0.206. The Balaban J connectivity index is 2.11. The monoisotopic (exact) mass is 299 g/mol. The zero-order valence-corrected chi connectivity index (χ0v) is 10.8. The Bertz CT molecular complexity index is 438. The molecule has 1 saturated carbocycles. The van der Waals surface area contributed by atoms with Gasteiger partial charge in [-0.2, -0.15) is 0 Å². The van der Waals surface area contributed by atoms with Gasteiger partial charge < -0.3 is 15.5 Å². The third-order valence-electron chi connectivity index (χ3n) is 3.18. The van der Waals surface area contributed by atoms with Crippen LogP contribution in [0.15, 0.2) is 18.2 Å². The number of hydrogen-bond donors (Lipinski definition) is 3. The number of phenols is 2. The number of carbonyl (C=O) groups excluding carboxylic acids is 1. The molecule has 1 aromatic rings. The molecular formula is C12H14BrNO3. The molecule has 0 saturated heterocycles. The lowest BCUT2D eigenvalue weighted by Crippen LogP contribution is -2.54. The number of carbonyl (C=O) groups is 1. The first-order valence-corrected chi connectivity index (χ1v) is 6.59. The van der Waals surface area contributed by atoms with Crippen LogP contribution in [0, 0.1) is 0 Å². The van der Waals surface area contributed by atoms with Gasteiger partial charge in [-0.3, -0.25) is 4.79 Å². The summed E-state index contributed by atoms with van der Waals surface area (Å²) in [5, 5.41) is 22.2. The molecule has 0 aliphatic heterocycles. The number of benzene rings is 1. The Morgan fingerprint density at radius 2 is 2.06 bits per heavy atom. The lowest BCUT2D eigenvalue weighted by molar-refractivity contribution is 0.0856. The molecule has 1 fully saturated rings. The Labute approximate surface area is 108 Å². The zero-order valence-electron chi connectivity index (χ0n) is 9.24. The van der Waals surface area contributed by atoms with Gasteiger partial charge in [0.2, 0.25) is 0 Å². The van der Waals surface area contributed by atoms with Gasteiger partial charge in [0, 0.05) is 10.9 Å². The van der Waals surface area contributed by atoms with Gasteiger partial charge in [-0.25, -0.2) is 0 Å². The SMILES string of the molecule is O=C(NC1(CBr)CCC1)c1ccc(O)c(O)c1. The number of nitrogens with one attached hydrogen (secondary N) is 1. The van der Waals surface area contributed by atoms with Crippen molar-refractivity contribution in [2.24, 2.45) is 0 Å². The maximum atomic E-state index is 12.0. The standard InChI is InChI=1S/C12H14BrNO3/c13-7-12(4-1-5-12)14-11(17)8-2-3-9(15)10(16)6-8/h2-3,6,15-16H,1,4-5,7H2,(H,14,17). The fourth-order valence-electron chi connectivity index (χ4n) is 1.87. The number of phenolic OH excluding ortho intramolecular Hbond substituents is 2. The molecule has 1 amide bonds. The van der Waals surface area contributed by atoms with Crippen molar-refractivity contribution in [3.63, 3.8) is 0 Å². The molecule has 4 nitrogen and oxygen atoms in total. The van der Waals surface area contributed by atoms with E-state index in [2.05, 4.69) is 21.2 Å². The molecule has 1 aromatic carbocycles. The maximum Gasteiger partial charge on any atom is 0.251 e. The van der Waals surface area contributed by atoms with Crippen molar-refractivity contribution in [2.75, 3.05) is 5.33 Å². The first kappa shape index (κ1) is 12.2. The van der Waals surface area contributed by atoms with E-state index in [1.165, 1.54) is 18.2 Å². The highest BCUT2D eigenvalue weighted by Gasteiger charge is 2.37. The molecule has 1 aliphatic carbocycles. The smallest absolute Gasteiger partial charge is 0.251 e. The molecule has 0 unspecified atom stereocenters. The summed E-state index contributed by atoms with van der Waals surface area (Å²) >= 11 is 3.41. The fourth-order valence-corrected chi connectivity index (χ4v) is 2.57. The number of halogens is 1. The van der Waals surface area contributed by atoms with E-state index in [1.807, 2.05) is 0 Å². The highest BCUT2D eigenvalue weighted by atomic mass is 79.9. The van der Waals surface area contributed by atoms with E-state index in [0.29, 0.717) is 5.56 Å². The van der Waals surface area contributed by atoms with Gasteiger partial charge in [0.05, 0.1) is 5.54 Å². The molecule has 0 radical (unpaired) electrons. The number of rotatable bonds is 3. The third-order valence-corrected chi connectivity index (χ3v) is 4.26. The molecule has 0 bridgehead atoms. The van der Waals surface area contributed by atoms with E-state index in [4.69, 9.17) is 0 Å². The lowest BCUT2D eigenvalue weighted by atomic mass is 9.78. The average molecular weight is 300 g/mol. The summed E-state index contributed by atoms with van der Waals surface area (Å²) in [7, 11) is 0. The van der Waals surface area contributed by atoms with E-state index >= 15 is 0 Å². The van der Waals surface area contributed by atoms with Crippen molar-refractivity contribution in [3.8, 4) is 11.5 Å². The van der Waals surface area contributed by atoms with E-state index in [0.717, 1.165) is 24.6 Å². The van der Waals surface area contributed by atoms with Gasteiger partial charge in [0.1, 0.15) is 0 Å². The highest BCUT2D eigenvalue weighted by Crippen LogP contribution is 2.34. The molecular weight excluding hydrogens is 286 g/mol. The van der Waals surface area contributed by atoms with E-state index in [1.54, 1.807) is 0 Å². The predicted molar refractivity (Wildman–Crippen MR) is 67.6 cm³/mol. The first-order chi connectivity index (χ1) is 8.06. The molecule has 17 heavy (non-hydrogen) atoms. The van der Waals surface area contributed by atoms with Crippen LogP contribution < -0.4 is 5.32 Å². The Morgan fingerprint density at radius 3 is 2.53 bits per heavy atom. The van der Waals surface area contributed by atoms with Gasteiger partial charge in [0.25, 0.3) is 5.91 Å². The fraction of sp³-hybridized carbons (Fsp3) is 0.417. The average Bonchev–Trinajstić information content (AvgIpc) is 2.27. The van der Waals surface area contributed by atoms with Crippen LogP contribution in [0.25, 0.3) is 0 Å². The van der Waals surface area contributed by atoms with E-state index in [-0.39, 0.29) is 22.9 Å². The normalized spacial score (nSPS) is 17.2. The number of amides is 1. The van der Waals surface area contributed by atoms with Crippen molar-refractivity contribution in [1.82, 2.24) is 5.32 Å². The molecule has 5 heteroatoms. The number of aromatic hydroxyl groups is 2. The van der Waals surface area contributed by atoms with Gasteiger partial charge in [-0.1, -0.05) is 15.9 Å². The van der Waals surface area contributed by atoms with Crippen LogP contribution in [0.5, 0.6) is 11.5 Å². The minimum absolute atomic E-state index is 0.148. The Morgan fingerprint density at radius 1 is 1.35 bits per heavy atom. The molecule has 0 heterocycles. The van der Waals surface area contributed by atoms with Crippen molar-refractivity contribution < 1.29 is 15.0 Å². The van der Waals surface area contributed by atoms with E-state index < -0.39 is 0 Å². The largest absolute Gasteiger partial charge is 0.504 e. The summed E-state index contributed by atoms with van der Waals surface area (Å²) < 4.78 is 0. The molecule has 92 valence electrons. The molecule has 0 atom stereocenters. The van der Waals surface area contributed by atoms with Crippen molar-refractivity contribution in [3.05, 3.63) is 23.8 Å². The highest BCUT2D eigenvalue weighted by molar-refractivity contribution is 9.09. The molecule has 0 aromatic heterocycles. The second kappa shape index (κ2) is 4.56. The van der Waals surface area contributed by atoms with Crippen molar-refractivity contribution in [2.45, 2.75) is 24.8 Å². The minimum Gasteiger partial charge on any atom is -0.504 e. The molecule has 0 spiro atoms. The van der Waals surface area contributed by atoms with Crippen LogP contribution in [0.4, 0.5) is 0 Å². The first-order valence-electron chi connectivity index (χ1n) is 5.47.